The zero-order valence-electron chi connectivity index (χ0n) is 29.5. The van der Waals surface area contributed by atoms with E-state index < -0.39 is 300 Å². The van der Waals surface area contributed by atoms with Crippen molar-refractivity contribution in [1.29, 1.82) is 0 Å². The van der Waals surface area contributed by atoms with Gasteiger partial charge >= 0.3 is 1040 Å². The molecule has 0 bridgehead atoms. The summed E-state index contributed by atoms with van der Waals surface area (Å²) in [7, 11) is -22.3. The first kappa shape index (κ1) is 135. The average molecular weight is 9900 g/mol. The Morgan fingerprint density at radius 3 is 0.141 bits per heavy atom. The third kappa shape index (κ3) is 55.1. The third-order valence-corrected chi connectivity index (χ3v) is 6120. The van der Waals surface area contributed by atoms with Crippen molar-refractivity contribution in [3.63, 3.8) is 0 Å². The van der Waals surface area contributed by atoms with Crippen LogP contribution >= 0.6 is 1040 Å². The van der Waals surface area contributed by atoms with Crippen LogP contribution in [0.3, 0.4) is 0 Å². The van der Waals surface area contributed by atoms with Crippen LogP contribution in [0.5, 0.6) is 0 Å². The van der Waals surface area contributed by atoms with Crippen molar-refractivity contribution in [2.24, 2.45) is 0 Å². The molecular weight excluding hydrogens is 9900 g/mol. The van der Waals surface area contributed by atoms with Crippen molar-refractivity contribution in [3.05, 3.63) is 0 Å². The Hall–Kier alpha value is 56.9. The molecule has 0 rings (SSSR count). The van der Waals surface area contributed by atoms with Crippen LogP contribution in [0.25, 0.3) is 0 Å². The van der Waals surface area contributed by atoms with Crippen LogP contribution in [0.15, 0.2) is 0 Å². The van der Waals surface area contributed by atoms with E-state index in [0.29, 0.717) is 0 Å². The van der Waals surface area contributed by atoms with Crippen molar-refractivity contribution in [2.45, 2.75) is 0 Å². The summed E-state index contributed by atoms with van der Waals surface area (Å²) < 4.78 is 0. The van der Waals surface area contributed by atoms with Gasteiger partial charge in [0.15, 0.2) is 0 Å². The fraction of sp³-hybridized carbons (Fsp3) is 0. The Labute approximate surface area is 981 Å². The van der Waals surface area contributed by atoms with Crippen LogP contribution in [0.1, 0.15) is 0 Å². The molecule has 0 aromatic carbocycles. The van der Waals surface area contributed by atoms with Crippen molar-refractivity contribution in [1.82, 2.24) is 0 Å². The molecule has 0 aliphatic carbocycles. The molecule has 0 aromatic heterocycles. The minimum atomic E-state index is -0.635. The SMILES string of the molecule is II(I)I(I)I(I)I(I)I(I)I(I)I(I)I(I)I(I)I(I)I(I)I(I)I(I)I(I)I(I)I(I)I(I)I(I)I(I)I(I)I(I)I(I)I(I)I(I)I(I)I(I)I(I)I(I)I(I)I(I)I(I)I(I)I(I)I(I)I(I)I(I)I(I)I(I)I. The Bertz CT molecular complexity index is 1440. The van der Waals surface area contributed by atoms with Gasteiger partial charge in [0.05, 0.1) is 0 Å². The van der Waals surface area contributed by atoms with Crippen molar-refractivity contribution < 1.29 is 0 Å². The molecule has 0 saturated carbocycles. The predicted molar refractivity (Wildman–Crippen MR) is 1090 cm³/mol. The third-order valence-electron chi connectivity index (χ3n) is 3.02. The first-order valence-electron chi connectivity index (χ1n) is 11.0. The Morgan fingerprint density at radius 1 is 0.0641 bits per heavy atom. The van der Waals surface area contributed by atoms with Gasteiger partial charge in [0.25, 0.3) is 0 Å². The Kier molecular flexibility index (Phi) is 140. The number of hydrogen-bond acceptors (Lipinski definition) is 0. The molecule has 78 heteroatoms. The van der Waals surface area contributed by atoms with Crippen molar-refractivity contribution in [3.8, 4) is 0 Å². The average Bonchev–Trinajstić information content (AvgIpc) is 3.43. The maximum atomic E-state index is 3.46. The molecule has 0 unspecified atom stereocenters. The van der Waals surface area contributed by atoms with Gasteiger partial charge in [0, 0.05) is 0 Å². The second kappa shape index (κ2) is 81.0. The Morgan fingerprint density at radius 2 is 0.103 bits per heavy atom. The molecule has 0 fully saturated rings. The van der Waals surface area contributed by atoms with Gasteiger partial charge < -0.3 is 0 Å². The zero-order valence-corrected chi connectivity index (χ0v) is 198. The first-order valence-corrected chi connectivity index (χ1v) is 495. The van der Waals surface area contributed by atoms with Gasteiger partial charge in [0.2, 0.25) is 0 Å². The fourth-order valence-electron chi connectivity index (χ4n) is 1.11. The van der Waals surface area contributed by atoms with Crippen molar-refractivity contribution in [2.75, 3.05) is 0 Å². The summed E-state index contributed by atoms with van der Waals surface area (Å²) in [4.78, 5) is 0. The normalized spacial score (nSPS) is 19.1. The van der Waals surface area contributed by atoms with E-state index in [1.807, 2.05) is 0 Å². The second-order valence-corrected chi connectivity index (χ2v) is 1860. The van der Waals surface area contributed by atoms with Gasteiger partial charge in [-0.1, -0.05) is 0 Å². The number of rotatable bonds is 37. The molecule has 0 spiro atoms. The summed E-state index contributed by atoms with van der Waals surface area (Å²) >= 11 is 134. The molecule has 0 aliphatic rings. The second-order valence-electron chi connectivity index (χ2n) is 6.16. The van der Waals surface area contributed by atoms with E-state index in [1.54, 1.807) is 0 Å². The van der Waals surface area contributed by atoms with Gasteiger partial charge in [-0.3, -0.25) is 0 Å². The molecule has 0 aromatic rings. The summed E-state index contributed by atoms with van der Waals surface area (Å²) in [5, 5.41) is 0. The first-order chi connectivity index (χ1) is 35.4. The van der Waals surface area contributed by atoms with Crippen LogP contribution in [-0.4, -0.2) is 0 Å². The molecule has 0 nitrogen and oxygen atoms in total. The van der Waals surface area contributed by atoms with E-state index in [-0.39, 0.29) is 0 Å². The molecule has 78 heavy (non-hydrogen) atoms. The molecule has 0 saturated heterocycles. The van der Waals surface area contributed by atoms with E-state index >= 15 is 0 Å². The van der Waals surface area contributed by atoms with E-state index in [1.165, 1.54) is 0 Å². The van der Waals surface area contributed by atoms with E-state index in [0.717, 1.165) is 0 Å². The monoisotopic (exact) mass is 9900 g/mol. The predicted octanol–water partition coefficient (Wildman–Crippen LogP) is 69.1. The minimum absolute atomic E-state index is 0.483. The molecule has 0 aliphatic heterocycles. The van der Waals surface area contributed by atoms with Gasteiger partial charge in [-0.05, 0) is 0 Å². The number of hydrogen-bond donors (Lipinski definition) is 0. The summed E-state index contributed by atoms with van der Waals surface area (Å²) in [6.07, 6.45) is 0. The summed E-state index contributed by atoms with van der Waals surface area (Å²) in [5.41, 5.74) is 0. The molecular formula is I78. The Balaban J connectivity index is 5.80. The fourth-order valence-corrected chi connectivity index (χ4v) is 15100. The molecule has 0 atom stereocenters. The van der Waals surface area contributed by atoms with E-state index in [2.05, 4.69) is 745 Å². The van der Waals surface area contributed by atoms with Crippen LogP contribution in [0.4, 0.5) is 0 Å². The quantitative estimate of drug-likeness (QED) is 0.0544. The van der Waals surface area contributed by atoms with Crippen LogP contribution in [0, 0.1) is 0 Å². The van der Waals surface area contributed by atoms with Gasteiger partial charge in [0.1, 0.15) is 0 Å². The standard InChI is InChI=1S/I78/c1-41(2)43(5)45(7)47(9)49(11)51(13)53(15)55(17)57(19)59(21)61(23)63(25)65(27)67(29)69(31)71(33)73(35)75(37)77(39)78(40)76(38)74(36)72(34)70(32)68(30)66(28)64(26)62(24)60(22)58(20)56(18)54(16)52(14)50(12)48(10)46(8)44(6)42(3)4. The zero-order chi connectivity index (χ0) is 61.9. The van der Waals surface area contributed by atoms with Gasteiger partial charge in [-0.2, -0.15) is 0 Å². The molecule has 546 valence electrons. The van der Waals surface area contributed by atoms with Crippen molar-refractivity contribution >= 4 is 1040 Å². The van der Waals surface area contributed by atoms with Gasteiger partial charge in [-0.25, -0.2) is 0 Å². The van der Waals surface area contributed by atoms with E-state index in [4.69, 9.17) is 0 Å². The van der Waals surface area contributed by atoms with Crippen LogP contribution < -0.4 is 0 Å². The molecule has 0 N–H and O–H groups in total. The summed E-state index contributed by atoms with van der Waals surface area (Å²) in [6.45, 7) is 0. The topological polar surface area (TPSA) is 0 Å². The van der Waals surface area contributed by atoms with Crippen LogP contribution in [0.2, 0.25) is 0 Å². The summed E-state index contributed by atoms with van der Waals surface area (Å²) in [6, 6.07) is 0. The number of halogens is 78. The van der Waals surface area contributed by atoms with Gasteiger partial charge in [-0.15, -0.1) is 0 Å². The van der Waals surface area contributed by atoms with E-state index in [9.17, 15) is 0 Å². The molecule has 0 amide bonds. The van der Waals surface area contributed by atoms with Crippen LogP contribution in [-0.2, 0) is 0 Å². The summed E-state index contributed by atoms with van der Waals surface area (Å²) in [5.74, 6) is 0. The molecule has 0 heterocycles. The maximum absolute atomic E-state index is 3.46. The molecule has 0 radical (unpaired) electrons.